The summed E-state index contributed by atoms with van der Waals surface area (Å²) >= 11 is 0. The first-order chi connectivity index (χ1) is 15.4. The number of rotatable bonds is 4. The Kier molecular flexibility index (Phi) is 4.70. The van der Waals surface area contributed by atoms with Crippen LogP contribution < -0.4 is 5.32 Å². The fourth-order valence-corrected chi connectivity index (χ4v) is 3.90. The van der Waals surface area contributed by atoms with Crippen LogP contribution in [0.4, 0.5) is 8.78 Å². The van der Waals surface area contributed by atoms with Gasteiger partial charge in [0.15, 0.2) is 0 Å². The normalized spacial score (nSPS) is 12.4. The highest BCUT2D eigenvalue weighted by Gasteiger charge is 2.20. The maximum absolute atomic E-state index is 14.1. The van der Waals surface area contributed by atoms with E-state index in [0.717, 1.165) is 22.2 Å². The summed E-state index contributed by atoms with van der Waals surface area (Å²) in [5.41, 5.74) is 4.39. The molecule has 1 amide bonds. The number of nitrogens with zero attached hydrogens (tertiary/aromatic N) is 4. The topological polar surface area (TPSA) is 64.2 Å². The molecule has 6 nitrogen and oxygen atoms in total. The minimum Gasteiger partial charge on any atom is -0.344 e. The number of aromatic nitrogens is 4. The number of hydrogen-bond acceptors (Lipinski definition) is 3. The molecule has 0 saturated heterocycles. The summed E-state index contributed by atoms with van der Waals surface area (Å²) in [4.78, 5) is 21.6. The van der Waals surface area contributed by atoms with Gasteiger partial charge in [0.25, 0.3) is 5.91 Å². The molecule has 0 fully saturated rings. The Labute approximate surface area is 182 Å². The lowest BCUT2D eigenvalue weighted by Gasteiger charge is -2.15. The van der Waals surface area contributed by atoms with Crippen LogP contribution in [-0.2, 0) is 7.05 Å². The van der Waals surface area contributed by atoms with E-state index in [1.54, 1.807) is 10.7 Å². The largest absolute Gasteiger partial charge is 0.344 e. The van der Waals surface area contributed by atoms with Crippen molar-refractivity contribution < 1.29 is 13.6 Å². The fraction of sp³-hybridized carbons (Fsp3) is 0.125. The first kappa shape index (κ1) is 19.9. The van der Waals surface area contributed by atoms with E-state index in [2.05, 4.69) is 15.3 Å². The third kappa shape index (κ3) is 3.30. The molecule has 5 aromatic rings. The molecule has 0 aliphatic carbocycles. The van der Waals surface area contributed by atoms with E-state index in [-0.39, 0.29) is 11.3 Å². The smallest absolute Gasteiger partial charge is 0.270 e. The van der Waals surface area contributed by atoms with Crippen molar-refractivity contribution in [1.82, 2.24) is 24.3 Å². The van der Waals surface area contributed by atoms with Gasteiger partial charge in [0.1, 0.15) is 23.0 Å². The molecule has 0 radical (unpaired) electrons. The number of imidazole rings is 2. The zero-order chi connectivity index (χ0) is 22.4. The second kappa shape index (κ2) is 7.56. The molecule has 3 heterocycles. The SMILES string of the molecule is CC(NC(=O)c1cnc2ccc(-c3ccc4c(c3)ncn4C)cn12)c1c(F)cccc1F. The molecule has 0 aliphatic rings. The zero-order valence-corrected chi connectivity index (χ0v) is 17.4. The molecule has 2 aromatic carbocycles. The Morgan fingerprint density at radius 1 is 1.03 bits per heavy atom. The Morgan fingerprint density at radius 2 is 1.78 bits per heavy atom. The summed E-state index contributed by atoms with van der Waals surface area (Å²) in [5.74, 6) is -1.89. The van der Waals surface area contributed by atoms with Gasteiger partial charge in [-0.05, 0) is 54.4 Å². The number of aryl methyl sites for hydroxylation is 1. The maximum atomic E-state index is 14.1. The van der Waals surface area contributed by atoms with Crippen LogP contribution in [0.5, 0.6) is 0 Å². The number of carbonyl (C=O) groups is 1. The third-order valence-corrected chi connectivity index (χ3v) is 5.58. The van der Waals surface area contributed by atoms with Crippen molar-refractivity contribution in [2.24, 2.45) is 7.05 Å². The van der Waals surface area contributed by atoms with Crippen LogP contribution in [0.1, 0.15) is 29.0 Å². The lowest BCUT2D eigenvalue weighted by atomic mass is 10.1. The molecule has 1 atom stereocenters. The summed E-state index contributed by atoms with van der Waals surface area (Å²) in [6.07, 6.45) is 5.02. The quantitative estimate of drug-likeness (QED) is 0.450. The zero-order valence-electron chi connectivity index (χ0n) is 17.4. The van der Waals surface area contributed by atoms with Crippen molar-refractivity contribution in [2.75, 3.05) is 0 Å². The molecule has 3 aromatic heterocycles. The molecule has 1 N–H and O–H groups in total. The van der Waals surface area contributed by atoms with Gasteiger partial charge in [0, 0.05) is 18.8 Å². The minimum atomic E-state index is -0.857. The molecule has 0 bridgehead atoms. The van der Waals surface area contributed by atoms with Gasteiger partial charge in [0.05, 0.1) is 29.6 Å². The van der Waals surface area contributed by atoms with Crippen molar-refractivity contribution in [1.29, 1.82) is 0 Å². The predicted octanol–water partition coefficient (Wildman–Crippen LogP) is 4.66. The van der Waals surface area contributed by atoms with Gasteiger partial charge in [-0.3, -0.25) is 9.20 Å². The van der Waals surface area contributed by atoms with Crippen LogP contribution in [0.15, 0.2) is 67.3 Å². The summed E-state index contributed by atoms with van der Waals surface area (Å²) < 4.78 is 31.8. The van der Waals surface area contributed by atoms with Gasteiger partial charge >= 0.3 is 0 Å². The minimum absolute atomic E-state index is 0.181. The number of fused-ring (bicyclic) bond motifs is 2. The monoisotopic (exact) mass is 431 g/mol. The van der Waals surface area contributed by atoms with Crippen LogP contribution in [0.2, 0.25) is 0 Å². The molecule has 0 saturated carbocycles. The Hall–Kier alpha value is -4.07. The first-order valence-electron chi connectivity index (χ1n) is 10.1. The summed E-state index contributed by atoms with van der Waals surface area (Å²) in [6.45, 7) is 1.54. The number of pyridine rings is 1. The van der Waals surface area contributed by atoms with E-state index in [0.29, 0.717) is 5.65 Å². The van der Waals surface area contributed by atoms with Crippen molar-refractivity contribution in [2.45, 2.75) is 13.0 Å². The molecular formula is C24H19F2N5O. The lowest BCUT2D eigenvalue weighted by Crippen LogP contribution is -2.28. The number of benzene rings is 2. The Balaban J connectivity index is 1.48. The Morgan fingerprint density at radius 3 is 2.56 bits per heavy atom. The Bertz CT molecular complexity index is 1470. The van der Waals surface area contributed by atoms with Crippen LogP contribution in [0, 0.1) is 11.6 Å². The van der Waals surface area contributed by atoms with Gasteiger partial charge in [-0.15, -0.1) is 0 Å². The fourth-order valence-electron chi connectivity index (χ4n) is 3.90. The second-order valence-corrected chi connectivity index (χ2v) is 7.68. The number of nitrogens with one attached hydrogen (secondary N) is 1. The van der Waals surface area contributed by atoms with E-state index in [9.17, 15) is 13.6 Å². The highest BCUT2D eigenvalue weighted by Crippen LogP contribution is 2.25. The standard InChI is InChI=1S/C24H19F2N5O/c1-14(23-17(25)4-3-5-18(23)26)29-24(32)21-11-27-22-9-7-16(12-31(21)22)15-6-8-20-19(10-15)28-13-30(20)2/h3-14H,1-2H3,(H,29,32). The van der Waals surface area contributed by atoms with Gasteiger partial charge in [-0.2, -0.15) is 0 Å². The van der Waals surface area contributed by atoms with E-state index < -0.39 is 23.6 Å². The van der Waals surface area contributed by atoms with Gasteiger partial charge in [0.2, 0.25) is 0 Å². The average Bonchev–Trinajstić information content (AvgIpc) is 3.36. The van der Waals surface area contributed by atoms with Crippen LogP contribution in [-0.4, -0.2) is 24.8 Å². The van der Waals surface area contributed by atoms with E-state index in [1.165, 1.54) is 31.3 Å². The molecule has 1 unspecified atom stereocenters. The highest BCUT2D eigenvalue weighted by molar-refractivity contribution is 5.93. The first-order valence-corrected chi connectivity index (χ1v) is 10.1. The summed E-state index contributed by atoms with van der Waals surface area (Å²) in [5, 5.41) is 2.67. The molecular weight excluding hydrogens is 412 g/mol. The van der Waals surface area contributed by atoms with Crippen LogP contribution in [0.25, 0.3) is 27.8 Å². The lowest BCUT2D eigenvalue weighted by molar-refractivity contribution is 0.0933. The summed E-state index contributed by atoms with van der Waals surface area (Å²) in [6, 6.07) is 12.5. The number of amides is 1. The predicted molar refractivity (Wildman–Crippen MR) is 117 cm³/mol. The average molecular weight is 431 g/mol. The molecule has 0 spiro atoms. The van der Waals surface area contributed by atoms with Crippen molar-refractivity contribution in [3.8, 4) is 11.1 Å². The molecule has 5 rings (SSSR count). The van der Waals surface area contributed by atoms with Crippen molar-refractivity contribution in [3.63, 3.8) is 0 Å². The van der Waals surface area contributed by atoms with Crippen molar-refractivity contribution in [3.05, 3.63) is 90.1 Å². The highest BCUT2D eigenvalue weighted by atomic mass is 19.1. The van der Waals surface area contributed by atoms with Crippen molar-refractivity contribution >= 4 is 22.6 Å². The molecule has 32 heavy (non-hydrogen) atoms. The molecule has 0 aliphatic heterocycles. The number of carbonyl (C=O) groups excluding carboxylic acids is 1. The van der Waals surface area contributed by atoms with Gasteiger partial charge < -0.3 is 9.88 Å². The molecule has 8 heteroatoms. The van der Waals surface area contributed by atoms with E-state index in [1.807, 2.05) is 48.1 Å². The molecule has 160 valence electrons. The van der Waals surface area contributed by atoms with E-state index in [4.69, 9.17) is 0 Å². The van der Waals surface area contributed by atoms with Crippen LogP contribution in [0.3, 0.4) is 0 Å². The van der Waals surface area contributed by atoms with Gasteiger partial charge in [-0.1, -0.05) is 12.1 Å². The number of hydrogen-bond donors (Lipinski definition) is 1. The van der Waals surface area contributed by atoms with Crippen LogP contribution >= 0.6 is 0 Å². The maximum Gasteiger partial charge on any atom is 0.270 e. The van der Waals surface area contributed by atoms with Gasteiger partial charge in [-0.25, -0.2) is 18.7 Å². The summed E-state index contributed by atoms with van der Waals surface area (Å²) in [7, 11) is 1.94. The van der Waals surface area contributed by atoms with E-state index >= 15 is 0 Å². The number of halogens is 2. The second-order valence-electron chi connectivity index (χ2n) is 7.68. The third-order valence-electron chi connectivity index (χ3n) is 5.58.